The molecule has 1 aromatic heterocycles. The standard InChI is InChI=1S/C15H13ClN4O2S/c1-17-12-4-2-11(3-5-12)14-15(16)19-13(10-18-14)20-6-8-23(21,22)9-7-20/h2-5,10H,6-9H2. The van der Waals surface area contributed by atoms with Crippen LogP contribution < -0.4 is 4.90 Å². The first-order valence-electron chi connectivity index (χ1n) is 6.94. The molecule has 8 heteroatoms. The molecule has 23 heavy (non-hydrogen) atoms. The van der Waals surface area contributed by atoms with Crippen LogP contribution in [0.25, 0.3) is 16.1 Å². The van der Waals surface area contributed by atoms with E-state index >= 15 is 0 Å². The molecule has 0 spiro atoms. The fraction of sp³-hybridized carbons (Fsp3) is 0.267. The van der Waals surface area contributed by atoms with E-state index in [1.807, 2.05) is 4.90 Å². The number of anilines is 1. The number of aromatic nitrogens is 2. The van der Waals surface area contributed by atoms with Crippen LogP contribution in [-0.4, -0.2) is 43.0 Å². The predicted octanol–water partition coefficient (Wildman–Crippen LogP) is 2.58. The maximum absolute atomic E-state index is 11.5. The van der Waals surface area contributed by atoms with Gasteiger partial charge in [0.1, 0.15) is 11.5 Å². The second-order valence-corrected chi connectivity index (χ2v) is 7.83. The van der Waals surface area contributed by atoms with E-state index < -0.39 is 9.84 Å². The van der Waals surface area contributed by atoms with Crippen molar-refractivity contribution in [2.24, 2.45) is 0 Å². The van der Waals surface area contributed by atoms with Crippen molar-refractivity contribution in [1.82, 2.24) is 9.97 Å². The first-order chi connectivity index (χ1) is 11.0. The normalized spacial score (nSPS) is 16.8. The van der Waals surface area contributed by atoms with Gasteiger partial charge in [0.05, 0.1) is 24.3 Å². The summed E-state index contributed by atoms with van der Waals surface area (Å²) in [6.07, 6.45) is 1.60. The van der Waals surface area contributed by atoms with Crippen LogP contribution in [-0.2, 0) is 9.84 Å². The Morgan fingerprint density at radius 2 is 1.83 bits per heavy atom. The van der Waals surface area contributed by atoms with Gasteiger partial charge in [-0.15, -0.1) is 0 Å². The van der Waals surface area contributed by atoms with E-state index in [9.17, 15) is 8.42 Å². The Labute approximate surface area is 139 Å². The molecule has 0 unspecified atom stereocenters. The summed E-state index contributed by atoms with van der Waals surface area (Å²) in [7, 11) is -2.94. The third kappa shape index (κ3) is 3.44. The molecular formula is C15H13ClN4O2S. The van der Waals surface area contributed by atoms with Gasteiger partial charge >= 0.3 is 0 Å². The number of halogens is 1. The number of hydrogen-bond acceptors (Lipinski definition) is 5. The number of nitrogens with zero attached hydrogens (tertiary/aromatic N) is 4. The van der Waals surface area contributed by atoms with Gasteiger partial charge in [-0.05, 0) is 0 Å². The molecule has 1 saturated heterocycles. The molecule has 0 atom stereocenters. The zero-order chi connectivity index (χ0) is 16.4. The van der Waals surface area contributed by atoms with Crippen LogP contribution in [0.2, 0.25) is 5.15 Å². The van der Waals surface area contributed by atoms with Crippen molar-refractivity contribution in [2.75, 3.05) is 29.5 Å². The van der Waals surface area contributed by atoms with Crippen molar-refractivity contribution >= 4 is 32.9 Å². The van der Waals surface area contributed by atoms with Crippen molar-refractivity contribution in [1.29, 1.82) is 0 Å². The molecule has 0 saturated carbocycles. The number of sulfone groups is 1. The number of hydrogen-bond donors (Lipinski definition) is 0. The Morgan fingerprint density at radius 1 is 1.17 bits per heavy atom. The van der Waals surface area contributed by atoms with Crippen molar-refractivity contribution < 1.29 is 8.42 Å². The fourth-order valence-corrected chi connectivity index (χ4v) is 3.79. The van der Waals surface area contributed by atoms with E-state index in [2.05, 4.69) is 14.8 Å². The topological polar surface area (TPSA) is 67.5 Å². The van der Waals surface area contributed by atoms with Gasteiger partial charge in [-0.25, -0.2) is 23.2 Å². The van der Waals surface area contributed by atoms with Gasteiger partial charge in [0.15, 0.2) is 20.7 Å². The summed E-state index contributed by atoms with van der Waals surface area (Å²) in [5.41, 5.74) is 1.86. The minimum absolute atomic E-state index is 0.117. The van der Waals surface area contributed by atoms with Gasteiger partial charge < -0.3 is 4.90 Å². The lowest BCUT2D eigenvalue weighted by Crippen LogP contribution is -2.40. The molecule has 1 fully saturated rings. The highest BCUT2D eigenvalue weighted by Crippen LogP contribution is 2.28. The lowest BCUT2D eigenvalue weighted by molar-refractivity contribution is 0.586. The summed E-state index contributed by atoms with van der Waals surface area (Å²) in [5.74, 6) is 0.810. The molecule has 2 heterocycles. The fourth-order valence-electron chi connectivity index (χ4n) is 2.34. The lowest BCUT2D eigenvalue weighted by Gasteiger charge is -2.27. The Kier molecular flexibility index (Phi) is 4.20. The number of benzene rings is 1. The summed E-state index contributed by atoms with van der Waals surface area (Å²) < 4.78 is 23.0. The van der Waals surface area contributed by atoms with Crippen LogP contribution >= 0.6 is 11.6 Å². The zero-order valence-electron chi connectivity index (χ0n) is 12.1. The zero-order valence-corrected chi connectivity index (χ0v) is 13.7. The highest BCUT2D eigenvalue weighted by atomic mass is 35.5. The van der Waals surface area contributed by atoms with Crippen LogP contribution in [0.1, 0.15) is 0 Å². The van der Waals surface area contributed by atoms with E-state index in [0.717, 1.165) is 5.56 Å². The maximum Gasteiger partial charge on any atom is 0.187 e. The van der Waals surface area contributed by atoms with Crippen molar-refractivity contribution in [2.45, 2.75) is 0 Å². The van der Waals surface area contributed by atoms with Gasteiger partial charge in [0.2, 0.25) is 0 Å². The molecule has 6 nitrogen and oxygen atoms in total. The molecule has 3 rings (SSSR count). The van der Waals surface area contributed by atoms with Crippen LogP contribution in [0.4, 0.5) is 11.5 Å². The Balaban J connectivity index is 1.85. The van der Waals surface area contributed by atoms with E-state index in [1.165, 1.54) is 0 Å². The Morgan fingerprint density at radius 3 is 2.39 bits per heavy atom. The van der Waals surface area contributed by atoms with Gasteiger partial charge in [-0.1, -0.05) is 35.9 Å². The molecule has 0 aliphatic carbocycles. The molecule has 0 N–H and O–H groups in total. The summed E-state index contributed by atoms with van der Waals surface area (Å²) >= 11 is 6.23. The van der Waals surface area contributed by atoms with Gasteiger partial charge in [0.25, 0.3) is 0 Å². The molecule has 1 aliphatic rings. The molecule has 2 aromatic rings. The smallest absolute Gasteiger partial charge is 0.187 e. The predicted molar refractivity (Wildman–Crippen MR) is 89.6 cm³/mol. The van der Waals surface area contributed by atoms with Gasteiger partial charge in [0, 0.05) is 18.7 Å². The maximum atomic E-state index is 11.5. The Hall–Kier alpha value is -2.17. The third-order valence-electron chi connectivity index (χ3n) is 3.66. The van der Waals surface area contributed by atoms with Crippen molar-refractivity contribution in [3.05, 3.63) is 47.0 Å². The molecule has 1 aromatic carbocycles. The van der Waals surface area contributed by atoms with Gasteiger partial charge in [-0.3, -0.25) is 0 Å². The molecule has 118 valence electrons. The second-order valence-electron chi connectivity index (χ2n) is 5.17. The monoisotopic (exact) mass is 348 g/mol. The molecule has 0 bridgehead atoms. The van der Waals surface area contributed by atoms with Crippen LogP contribution in [0.3, 0.4) is 0 Å². The molecule has 0 radical (unpaired) electrons. The van der Waals surface area contributed by atoms with E-state index in [4.69, 9.17) is 18.2 Å². The van der Waals surface area contributed by atoms with Gasteiger partial charge in [-0.2, -0.15) is 0 Å². The van der Waals surface area contributed by atoms with Crippen LogP contribution in [0.15, 0.2) is 30.5 Å². The molecular weight excluding hydrogens is 336 g/mol. The van der Waals surface area contributed by atoms with Crippen LogP contribution in [0.5, 0.6) is 0 Å². The van der Waals surface area contributed by atoms with E-state index in [0.29, 0.717) is 30.3 Å². The lowest BCUT2D eigenvalue weighted by atomic mass is 10.1. The van der Waals surface area contributed by atoms with Crippen LogP contribution in [0, 0.1) is 6.57 Å². The highest BCUT2D eigenvalue weighted by Gasteiger charge is 2.23. The first kappa shape index (κ1) is 15.7. The third-order valence-corrected chi connectivity index (χ3v) is 5.53. The summed E-state index contributed by atoms with van der Waals surface area (Å²) in [4.78, 5) is 13.9. The Bertz CT molecular complexity index is 861. The minimum atomic E-state index is -2.94. The minimum Gasteiger partial charge on any atom is -0.353 e. The van der Waals surface area contributed by atoms with E-state index in [1.54, 1.807) is 30.5 Å². The summed E-state index contributed by atoms with van der Waals surface area (Å²) in [6, 6.07) is 6.94. The van der Waals surface area contributed by atoms with Crippen molar-refractivity contribution in [3.8, 4) is 11.3 Å². The summed E-state index contributed by atoms with van der Waals surface area (Å²) in [5, 5.41) is 0.256. The largest absolute Gasteiger partial charge is 0.353 e. The van der Waals surface area contributed by atoms with E-state index in [-0.39, 0.29) is 16.7 Å². The highest BCUT2D eigenvalue weighted by molar-refractivity contribution is 7.91. The SMILES string of the molecule is [C-]#[N+]c1ccc(-c2ncc(N3CCS(=O)(=O)CC3)nc2Cl)cc1. The van der Waals surface area contributed by atoms with Crippen molar-refractivity contribution in [3.63, 3.8) is 0 Å². The quantitative estimate of drug-likeness (QED) is 0.780. The average molecular weight is 349 g/mol. The first-order valence-corrected chi connectivity index (χ1v) is 9.14. The second kappa shape index (κ2) is 6.14. The molecule has 1 aliphatic heterocycles. The summed E-state index contributed by atoms with van der Waals surface area (Å²) in [6.45, 7) is 7.74. The molecule has 0 amide bonds. The average Bonchev–Trinajstić information content (AvgIpc) is 2.55. The number of rotatable bonds is 2.